The first-order valence-corrected chi connectivity index (χ1v) is 7.01. The standard InChI is InChI=1S/C14H31NO3/c1-11(2)13(5)8-15-9-14(16)10-17-6-7-18-12(3)4/h11-16H,6-10H2,1-5H3. The first-order valence-electron chi connectivity index (χ1n) is 7.01. The summed E-state index contributed by atoms with van der Waals surface area (Å²) in [7, 11) is 0. The van der Waals surface area contributed by atoms with E-state index >= 15 is 0 Å². The molecule has 2 atom stereocenters. The third kappa shape index (κ3) is 11.0. The lowest BCUT2D eigenvalue weighted by atomic mass is 9.98. The van der Waals surface area contributed by atoms with Crippen molar-refractivity contribution >= 4 is 0 Å². The third-order valence-electron chi connectivity index (χ3n) is 2.97. The van der Waals surface area contributed by atoms with Gasteiger partial charge in [0.05, 0.1) is 32.0 Å². The molecule has 0 saturated heterocycles. The molecule has 18 heavy (non-hydrogen) atoms. The van der Waals surface area contributed by atoms with Crippen LogP contribution < -0.4 is 5.32 Å². The van der Waals surface area contributed by atoms with Crippen LogP contribution in [0.3, 0.4) is 0 Å². The Labute approximate surface area is 112 Å². The van der Waals surface area contributed by atoms with E-state index in [0.29, 0.717) is 38.2 Å². The first-order chi connectivity index (χ1) is 8.43. The lowest BCUT2D eigenvalue weighted by Crippen LogP contribution is -2.34. The average molecular weight is 261 g/mol. The van der Waals surface area contributed by atoms with Crippen molar-refractivity contribution in [3.8, 4) is 0 Å². The first kappa shape index (κ1) is 17.8. The predicted molar refractivity (Wildman–Crippen MR) is 74.8 cm³/mol. The van der Waals surface area contributed by atoms with Gasteiger partial charge in [-0.1, -0.05) is 20.8 Å². The van der Waals surface area contributed by atoms with Crippen LogP contribution in [0, 0.1) is 11.8 Å². The van der Waals surface area contributed by atoms with Crippen LogP contribution in [0.25, 0.3) is 0 Å². The minimum atomic E-state index is -0.441. The van der Waals surface area contributed by atoms with Gasteiger partial charge >= 0.3 is 0 Å². The van der Waals surface area contributed by atoms with Gasteiger partial charge in [0, 0.05) is 6.54 Å². The van der Waals surface area contributed by atoms with Gasteiger partial charge in [0.2, 0.25) is 0 Å². The molecule has 2 unspecified atom stereocenters. The maximum atomic E-state index is 9.68. The van der Waals surface area contributed by atoms with Gasteiger partial charge in [0.15, 0.2) is 0 Å². The van der Waals surface area contributed by atoms with Crippen molar-refractivity contribution in [2.75, 3.05) is 32.9 Å². The van der Waals surface area contributed by atoms with Gasteiger partial charge in [-0.2, -0.15) is 0 Å². The molecule has 0 bridgehead atoms. The van der Waals surface area contributed by atoms with E-state index in [2.05, 4.69) is 26.1 Å². The maximum Gasteiger partial charge on any atom is 0.0897 e. The van der Waals surface area contributed by atoms with Crippen molar-refractivity contribution in [3.05, 3.63) is 0 Å². The Balaban J connectivity index is 3.35. The summed E-state index contributed by atoms with van der Waals surface area (Å²) in [6, 6.07) is 0. The van der Waals surface area contributed by atoms with Crippen LogP contribution in [0.4, 0.5) is 0 Å². The van der Waals surface area contributed by atoms with Gasteiger partial charge in [-0.3, -0.25) is 0 Å². The van der Waals surface area contributed by atoms with Crippen LogP contribution in [0.15, 0.2) is 0 Å². The summed E-state index contributed by atoms with van der Waals surface area (Å²) in [5.74, 6) is 1.29. The number of hydrogen-bond donors (Lipinski definition) is 2. The van der Waals surface area contributed by atoms with Crippen molar-refractivity contribution in [3.63, 3.8) is 0 Å². The number of hydrogen-bond acceptors (Lipinski definition) is 4. The van der Waals surface area contributed by atoms with E-state index in [1.54, 1.807) is 0 Å². The van der Waals surface area contributed by atoms with Crippen molar-refractivity contribution < 1.29 is 14.6 Å². The van der Waals surface area contributed by atoms with E-state index in [0.717, 1.165) is 6.54 Å². The summed E-state index contributed by atoms with van der Waals surface area (Å²) >= 11 is 0. The zero-order chi connectivity index (χ0) is 14.0. The van der Waals surface area contributed by atoms with E-state index in [9.17, 15) is 5.11 Å². The summed E-state index contributed by atoms with van der Waals surface area (Å²) in [6.07, 6.45) is -0.207. The summed E-state index contributed by atoms with van der Waals surface area (Å²) in [5.41, 5.74) is 0. The molecule has 0 amide bonds. The third-order valence-corrected chi connectivity index (χ3v) is 2.97. The van der Waals surface area contributed by atoms with E-state index in [1.807, 2.05) is 13.8 Å². The average Bonchev–Trinajstić information content (AvgIpc) is 2.27. The molecule has 2 N–H and O–H groups in total. The van der Waals surface area contributed by atoms with E-state index in [4.69, 9.17) is 9.47 Å². The van der Waals surface area contributed by atoms with Crippen LogP contribution in [0.1, 0.15) is 34.6 Å². The quantitative estimate of drug-likeness (QED) is 0.556. The van der Waals surface area contributed by atoms with Crippen LogP contribution in [0.5, 0.6) is 0 Å². The molecule has 4 heteroatoms. The molecular weight excluding hydrogens is 230 g/mol. The molecular formula is C14H31NO3. The Morgan fingerprint density at radius 3 is 2.22 bits per heavy atom. The van der Waals surface area contributed by atoms with Crippen molar-refractivity contribution in [1.82, 2.24) is 5.32 Å². The molecule has 0 heterocycles. The van der Waals surface area contributed by atoms with Gasteiger partial charge in [-0.25, -0.2) is 0 Å². The molecule has 0 aliphatic carbocycles. The minimum absolute atomic E-state index is 0.234. The summed E-state index contributed by atoms with van der Waals surface area (Å²) < 4.78 is 10.7. The number of ether oxygens (including phenoxy) is 2. The molecule has 4 nitrogen and oxygen atoms in total. The highest BCUT2D eigenvalue weighted by Crippen LogP contribution is 2.07. The predicted octanol–water partition coefficient (Wildman–Crippen LogP) is 1.67. The summed E-state index contributed by atoms with van der Waals surface area (Å²) in [6.45, 7) is 13.6. The zero-order valence-electron chi connectivity index (χ0n) is 12.6. The second-order valence-electron chi connectivity index (χ2n) is 5.53. The van der Waals surface area contributed by atoms with Crippen LogP contribution in [-0.2, 0) is 9.47 Å². The topological polar surface area (TPSA) is 50.7 Å². The SMILES string of the molecule is CC(C)OCCOCC(O)CNCC(C)C(C)C. The summed E-state index contributed by atoms with van der Waals surface area (Å²) in [5, 5.41) is 12.9. The normalized spacial score (nSPS) is 15.3. The van der Waals surface area contributed by atoms with Gasteiger partial charge in [-0.05, 0) is 32.2 Å². The largest absolute Gasteiger partial charge is 0.389 e. The molecule has 110 valence electrons. The highest BCUT2D eigenvalue weighted by atomic mass is 16.5. The fraction of sp³-hybridized carbons (Fsp3) is 1.00. The van der Waals surface area contributed by atoms with Crippen LogP contribution in [0.2, 0.25) is 0 Å². The second kappa shape index (κ2) is 10.7. The molecule has 0 aliphatic heterocycles. The van der Waals surface area contributed by atoms with E-state index in [1.165, 1.54) is 0 Å². The Hall–Kier alpha value is -0.160. The molecule has 0 fully saturated rings. The van der Waals surface area contributed by atoms with Crippen molar-refractivity contribution in [1.29, 1.82) is 0 Å². The van der Waals surface area contributed by atoms with Crippen LogP contribution in [-0.4, -0.2) is 50.2 Å². The Morgan fingerprint density at radius 1 is 1.00 bits per heavy atom. The number of rotatable bonds is 11. The van der Waals surface area contributed by atoms with Gasteiger partial charge in [-0.15, -0.1) is 0 Å². The lowest BCUT2D eigenvalue weighted by molar-refractivity contribution is -0.0101. The second-order valence-corrected chi connectivity index (χ2v) is 5.53. The fourth-order valence-corrected chi connectivity index (χ4v) is 1.33. The Morgan fingerprint density at radius 2 is 1.67 bits per heavy atom. The molecule has 0 rings (SSSR count). The molecule has 0 saturated carbocycles. The maximum absolute atomic E-state index is 9.68. The number of aliphatic hydroxyl groups excluding tert-OH is 1. The highest BCUT2D eigenvalue weighted by molar-refractivity contribution is 4.64. The Bertz CT molecular complexity index is 186. The molecule has 0 aromatic heterocycles. The molecule has 0 radical (unpaired) electrons. The van der Waals surface area contributed by atoms with Crippen molar-refractivity contribution in [2.45, 2.75) is 46.8 Å². The minimum Gasteiger partial charge on any atom is -0.389 e. The molecule has 0 aromatic rings. The van der Waals surface area contributed by atoms with Crippen LogP contribution >= 0.6 is 0 Å². The van der Waals surface area contributed by atoms with Crippen molar-refractivity contribution in [2.24, 2.45) is 11.8 Å². The highest BCUT2D eigenvalue weighted by Gasteiger charge is 2.08. The fourth-order valence-electron chi connectivity index (χ4n) is 1.33. The molecule has 0 aromatic carbocycles. The smallest absolute Gasteiger partial charge is 0.0897 e. The van der Waals surface area contributed by atoms with Gasteiger partial charge < -0.3 is 19.9 Å². The number of nitrogens with one attached hydrogen (secondary N) is 1. The number of aliphatic hydroxyl groups is 1. The molecule has 0 spiro atoms. The zero-order valence-corrected chi connectivity index (χ0v) is 12.6. The Kier molecular flexibility index (Phi) is 10.6. The lowest BCUT2D eigenvalue weighted by Gasteiger charge is -2.18. The van der Waals surface area contributed by atoms with E-state index < -0.39 is 6.10 Å². The van der Waals surface area contributed by atoms with E-state index in [-0.39, 0.29) is 6.10 Å². The van der Waals surface area contributed by atoms with Gasteiger partial charge in [0.1, 0.15) is 0 Å². The summed E-state index contributed by atoms with van der Waals surface area (Å²) in [4.78, 5) is 0. The monoisotopic (exact) mass is 261 g/mol. The van der Waals surface area contributed by atoms with Gasteiger partial charge in [0.25, 0.3) is 0 Å². The molecule has 0 aliphatic rings.